The van der Waals surface area contributed by atoms with Crippen LogP contribution in [0.15, 0.2) is 17.1 Å². The van der Waals surface area contributed by atoms with Gasteiger partial charge in [-0.15, -0.1) is 12.4 Å². The van der Waals surface area contributed by atoms with Gasteiger partial charge in [-0.25, -0.2) is 9.18 Å². The lowest BCUT2D eigenvalue weighted by Gasteiger charge is -2.25. The Morgan fingerprint density at radius 2 is 2.07 bits per heavy atom. The highest BCUT2D eigenvalue weighted by Gasteiger charge is 2.33. The smallest absolute Gasteiger partial charge is 0.341 e. The average Bonchev–Trinajstić information content (AvgIpc) is 3.39. The van der Waals surface area contributed by atoms with Crippen LogP contribution in [0.3, 0.4) is 0 Å². The van der Waals surface area contributed by atoms with Crippen LogP contribution in [-0.2, 0) is 0 Å². The summed E-state index contributed by atoms with van der Waals surface area (Å²) in [5, 5.41) is 18.7. The minimum absolute atomic E-state index is 0. The van der Waals surface area contributed by atoms with Crippen LogP contribution in [0, 0.1) is 18.7 Å². The van der Waals surface area contributed by atoms with Gasteiger partial charge in [0, 0.05) is 19.1 Å². The lowest BCUT2D eigenvalue weighted by atomic mass is 10.0. The van der Waals surface area contributed by atoms with E-state index >= 15 is 4.39 Å². The molecule has 1 saturated heterocycles. The molecule has 0 aromatic carbocycles. The fourth-order valence-electron chi connectivity index (χ4n) is 4.38. The largest absolute Gasteiger partial charge is 0.477 e. The van der Waals surface area contributed by atoms with Crippen LogP contribution in [0.5, 0.6) is 0 Å². The maximum Gasteiger partial charge on any atom is 0.341 e. The van der Waals surface area contributed by atoms with E-state index in [4.69, 9.17) is 5.73 Å². The van der Waals surface area contributed by atoms with Gasteiger partial charge in [-0.05, 0) is 55.2 Å². The van der Waals surface area contributed by atoms with E-state index in [0.717, 1.165) is 35.4 Å². The molecule has 29 heavy (non-hydrogen) atoms. The van der Waals surface area contributed by atoms with Crippen LogP contribution in [0.2, 0.25) is 0 Å². The van der Waals surface area contributed by atoms with E-state index in [-0.39, 0.29) is 42.5 Å². The fraction of sp³-hybridized carbons (Fsp3) is 0.500. The van der Waals surface area contributed by atoms with Crippen molar-refractivity contribution in [1.82, 2.24) is 4.40 Å². The maximum absolute atomic E-state index is 15.1. The molecule has 0 spiro atoms. The van der Waals surface area contributed by atoms with E-state index in [1.807, 2.05) is 4.90 Å². The molecule has 2 unspecified atom stereocenters. The number of hydrogen-bond donors (Lipinski definition) is 3. The molecule has 0 bridgehead atoms. The summed E-state index contributed by atoms with van der Waals surface area (Å²) >= 11 is 0. The third kappa shape index (κ3) is 3.60. The zero-order valence-corrected chi connectivity index (χ0v) is 16.9. The number of aromatic carboxylic acids is 1. The molecule has 2 fully saturated rings. The van der Waals surface area contributed by atoms with Crippen LogP contribution < -0.4 is 16.2 Å². The van der Waals surface area contributed by atoms with E-state index in [9.17, 15) is 19.8 Å². The van der Waals surface area contributed by atoms with Gasteiger partial charge in [0.05, 0.1) is 24.0 Å². The highest BCUT2D eigenvalue weighted by Crippen LogP contribution is 2.44. The molecule has 1 aliphatic carbocycles. The van der Waals surface area contributed by atoms with Crippen molar-refractivity contribution >= 4 is 29.6 Å². The standard InChI is InChI=1S/C20H24FN3O4.ClH/c1-10-17-13(11-2-3-11)6-14(20(27)28)19(26)24(17)8-15(21)18(10)23-5-4-12(7-23)16(22)9-25;/h6,8,11-12,16,25H,2-5,7,9,22H2,1H3,(H,27,28);1H. The second kappa shape index (κ2) is 7.93. The topological polar surface area (TPSA) is 108 Å². The molecule has 158 valence electrons. The molecule has 9 heteroatoms. The first kappa shape index (κ1) is 21.5. The van der Waals surface area contributed by atoms with Crippen LogP contribution in [0.1, 0.15) is 46.7 Å². The highest BCUT2D eigenvalue weighted by atomic mass is 35.5. The molecule has 2 atom stereocenters. The number of rotatable bonds is 5. The Morgan fingerprint density at radius 1 is 1.38 bits per heavy atom. The summed E-state index contributed by atoms with van der Waals surface area (Å²) in [5.74, 6) is -1.60. The van der Waals surface area contributed by atoms with Gasteiger partial charge in [0.2, 0.25) is 0 Å². The van der Waals surface area contributed by atoms with Crippen molar-refractivity contribution in [1.29, 1.82) is 0 Å². The number of nitrogens with zero attached hydrogens (tertiary/aromatic N) is 2. The van der Waals surface area contributed by atoms with E-state index in [0.29, 0.717) is 29.9 Å². The van der Waals surface area contributed by atoms with Crippen LogP contribution in [0.25, 0.3) is 5.52 Å². The zero-order chi connectivity index (χ0) is 20.2. The predicted molar refractivity (Wildman–Crippen MR) is 110 cm³/mol. The first-order valence-corrected chi connectivity index (χ1v) is 9.56. The average molecular weight is 426 g/mol. The molecule has 0 radical (unpaired) electrons. The molecule has 3 heterocycles. The van der Waals surface area contributed by atoms with E-state index in [1.54, 1.807) is 6.92 Å². The molecule has 4 N–H and O–H groups in total. The minimum Gasteiger partial charge on any atom is -0.477 e. The monoisotopic (exact) mass is 425 g/mol. The second-order valence-electron chi connectivity index (χ2n) is 7.91. The number of aryl methyl sites for hydroxylation is 1. The fourth-order valence-corrected chi connectivity index (χ4v) is 4.38. The van der Waals surface area contributed by atoms with Gasteiger partial charge in [-0.3, -0.25) is 9.20 Å². The number of aliphatic hydroxyl groups excluding tert-OH is 1. The van der Waals surface area contributed by atoms with Crippen LogP contribution in [-0.4, -0.2) is 46.3 Å². The minimum atomic E-state index is -1.30. The summed E-state index contributed by atoms with van der Waals surface area (Å²) in [6.45, 7) is 2.81. The van der Waals surface area contributed by atoms with Crippen molar-refractivity contribution in [2.75, 3.05) is 24.6 Å². The third-order valence-electron chi connectivity index (χ3n) is 6.05. The van der Waals surface area contributed by atoms with Crippen molar-refractivity contribution in [2.24, 2.45) is 11.7 Å². The summed E-state index contributed by atoms with van der Waals surface area (Å²) in [6.07, 6.45) is 3.72. The number of anilines is 1. The van der Waals surface area contributed by atoms with Gasteiger partial charge >= 0.3 is 5.97 Å². The molecule has 0 amide bonds. The molecule has 2 aromatic heterocycles. The molecule has 2 aliphatic rings. The SMILES string of the molecule is Cc1c(N2CCC(C(N)CO)C2)c(F)cn2c(=O)c(C(=O)O)cc(C3CC3)c12.Cl. The van der Waals surface area contributed by atoms with Gasteiger partial charge in [0.25, 0.3) is 5.56 Å². The van der Waals surface area contributed by atoms with E-state index in [2.05, 4.69) is 0 Å². The number of hydrogen-bond acceptors (Lipinski definition) is 5. The summed E-state index contributed by atoms with van der Waals surface area (Å²) in [4.78, 5) is 26.0. The Bertz CT molecular complexity index is 1020. The number of carbonyl (C=O) groups is 1. The van der Waals surface area contributed by atoms with Gasteiger partial charge in [-0.1, -0.05) is 0 Å². The number of pyridine rings is 2. The molecule has 7 nitrogen and oxygen atoms in total. The molecule has 1 saturated carbocycles. The Morgan fingerprint density at radius 3 is 2.66 bits per heavy atom. The van der Waals surface area contributed by atoms with E-state index in [1.165, 1.54) is 6.07 Å². The van der Waals surface area contributed by atoms with Gasteiger partial charge in [0.15, 0.2) is 5.82 Å². The molecule has 2 aromatic rings. The van der Waals surface area contributed by atoms with Crippen LogP contribution >= 0.6 is 12.4 Å². The number of halogens is 2. The first-order chi connectivity index (χ1) is 13.3. The molecular formula is C20H25ClFN3O4. The van der Waals surface area contributed by atoms with Crippen LogP contribution in [0.4, 0.5) is 10.1 Å². The van der Waals surface area contributed by atoms with Crippen molar-refractivity contribution in [3.05, 3.63) is 45.1 Å². The Balaban J connectivity index is 0.00000240. The number of aromatic nitrogens is 1. The van der Waals surface area contributed by atoms with Crippen molar-refractivity contribution < 1.29 is 19.4 Å². The molecular weight excluding hydrogens is 401 g/mol. The first-order valence-electron chi connectivity index (χ1n) is 9.56. The normalized spacial score (nSPS) is 20.0. The number of fused-ring (bicyclic) bond motifs is 1. The highest BCUT2D eigenvalue weighted by molar-refractivity contribution is 5.89. The van der Waals surface area contributed by atoms with E-state index < -0.39 is 17.3 Å². The predicted octanol–water partition coefficient (Wildman–Crippen LogP) is 1.89. The zero-order valence-electron chi connectivity index (χ0n) is 16.1. The quantitative estimate of drug-likeness (QED) is 0.675. The van der Waals surface area contributed by atoms with Crippen molar-refractivity contribution in [2.45, 2.75) is 38.1 Å². The summed E-state index contributed by atoms with van der Waals surface area (Å²) in [6, 6.07) is 1.11. The van der Waals surface area contributed by atoms with Gasteiger partial charge in [0.1, 0.15) is 5.56 Å². The molecule has 1 aliphatic heterocycles. The van der Waals surface area contributed by atoms with Gasteiger partial charge < -0.3 is 20.8 Å². The maximum atomic E-state index is 15.1. The number of carboxylic acid groups (broad SMARTS) is 1. The summed E-state index contributed by atoms with van der Waals surface area (Å²) < 4.78 is 16.2. The van der Waals surface area contributed by atoms with Crippen molar-refractivity contribution in [3.8, 4) is 0 Å². The summed E-state index contributed by atoms with van der Waals surface area (Å²) in [5.41, 5.74) is 7.35. The Labute approximate surface area is 173 Å². The van der Waals surface area contributed by atoms with Gasteiger partial charge in [-0.2, -0.15) is 0 Å². The number of nitrogens with two attached hydrogens (primary N) is 1. The molecule has 4 rings (SSSR count). The lowest BCUT2D eigenvalue weighted by molar-refractivity contribution is 0.0694. The Kier molecular flexibility index (Phi) is 5.89. The summed E-state index contributed by atoms with van der Waals surface area (Å²) in [7, 11) is 0. The lowest BCUT2D eigenvalue weighted by Crippen LogP contribution is -2.36. The third-order valence-corrected chi connectivity index (χ3v) is 6.05. The van der Waals surface area contributed by atoms with Crippen molar-refractivity contribution in [3.63, 3.8) is 0 Å². The number of aliphatic hydroxyl groups is 1. The second-order valence-corrected chi connectivity index (χ2v) is 7.91. The number of carboxylic acids is 1. The Hall–Kier alpha value is -2.16.